The fourth-order valence-electron chi connectivity index (χ4n) is 1.44. The van der Waals surface area contributed by atoms with Crippen LogP contribution < -0.4 is 10.6 Å². The molecule has 0 spiro atoms. The van der Waals surface area contributed by atoms with Gasteiger partial charge >= 0.3 is 0 Å². The van der Waals surface area contributed by atoms with Gasteiger partial charge < -0.3 is 9.32 Å². The van der Waals surface area contributed by atoms with E-state index in [-0.39, 0.29) is 0 Å². The SMILES string of the molecule is C1=NC2=c3ccoc3=CN1C2. The molecule has 11 heavy (non-hydrogen) atoms. The molecule has 0 N–H and O–H groups in total. The van der Waals surface area contributed by atoms with Crippen LogP contribution in [0.3, 0.4) is 0 Å². The van der Waals surface area contributed by atoms with Crippen LogP contribution in [0, 0.1) is 0 Å². The Hall–Kier alpha value is -1.51. The van der Waals surface area contributed by atoms with Crippen LogP contribution in [0.2, 0.25) is 0 Å². The molecular formula is C8H6N2O. The summed E-state index contributed by atoms with van der Waals surface area (Å²) in [6.45, 7) is 0.895. The largest absolute Gasteiger partial charge is 0.463 e. The summed E-state index contributed by atoms with van der Waals surface area (Å²) < 4.78 is 5.24. The smallest absolute Gasteiger partial charge is 0.151 e. The van der Waals surface area contributed by atoms with Gasteiger partial charge in [0.25, 0.3) is 0 Å². The molecule has 1 aromatic rings. The molecule has 2 bridgehead atoms. The number of nitrogens with zero attached hydrogens (tertiary/aromatic N) is 2. The predicted molar refractivity (Wildman–Crippen MR) is 41.0 cm³/mol. The first-order chi connectivity index (χ1) is 5.43. The molecule has 3 nitrogen and oxygen atoms in total. The molecule has 0 aliphatic carbocycles. The molecule has 0 unspecified atom stereocenters. The van der Waals surface area contributed by atoms with Crippen LogP contribution in [0.15, 0.2) is 21.7 Å². The van der Waals surface area contributed by atoms with Crippen LogP contribution in [0.4, 0.5) is 0 Å². The average Bonchev–Trinajstić information content (AvgIpc) is 2.58. The maximum absolute atomic E-state index is 5.24. The lowest BCUT2D eigenvalue weighted by atomic mass is 10.3. The maximum Gasteiger partial charge on any atom is 0.151 e. The first kappa shape index (κ1) is 5.18. The molecule has 1 aromatic heterocycles. The summed E-state index contributed by atoms with van der Waals surface area (Å²) in [6.07, 6.45) is 5.49. The number of aliphatic imine (C=N–C) groups is 1. The molecule has 0 radical (unpaired) electrons. The summed E-state index contributed by atoms with van der Waals surface area (Å²) in [7, 11) is 0. The van der Waals surface area contributed by atoms with Crippen molar-refractivity contribution in [3.05, 3.63) is 23.0 Å². The Bertz CT molecular complexity index is 441. The Labute approximate surface area is 62.9 Å². The van der Waals surface area contributed by atoms with Gasteiger partial charge in [0.1, 0.15) is 0 Å². The highest BCUT2D eigenvalue weighted by Crippen LogP contribution is 2.08. The van der Waals surface area contributed by atoms with Crippen molar-refractivity contribution >= 4 is 18.2 Å². The van der Waals surface area contributed by atoms with Crippen molar-refractivity contribution in [2.75, 3.05) is 6.54 Å². The fourth-order valence-corrected chi connectivity index (χ4v) is 1.44. The third-order valence-corrected chi connectivity index (χ3v) is 1.98. The van der Waals surface area contributed by atoms with Crippen molar-refractivity contribution in [3.8, 4) is 0 Å². The molecule has 0 aromatic carbocycles. The van der Waals surface area contributed by atoms with Crippen molar-refractivity contribution in [1.29, 1.82) is 0 Å². The van der Waals surface area contributed by atoms with Gasteiger partial charge in [-0.25, -0.2) is 4.99 Å². The van der Waals surface area contributed by atoms with Gasteiger partial charge in [-0.3, -0.25) is 0 Å². The molecule has 3 rings (SSSR count). The third-order valence-electron chi connectivity index (χ3n) is 1.98. The Morgan fingerprint density at radius 1 is 1.55 bits per heavy atom. The summed E-state index contributed by atoms with van der Waals surface area (Å²) in [6, 6.07) is 1.96. The zero-order chi connectivity index (χ0) is 7.26. The zero-order valence-electron chi connectivity index (χ0n) is 5.82. The quantitative estimate of drug-likeness (QED) is 0.493. The lowest BCUT2D eigenvalue weighted by Crippen LogP contribution is -2.31. The van der Waals surface area contributed by atoms with Crippen molar-refractivity contribution in [3.63, 3.8) is 0 Å². The molecule has 0 atom stereocenters. The number of rotatable bonds is 0. The Kier molecular flexibility index (Phi) is 0.733. The second kappa shape index (κ2) is 1.56. The summed E-state index contributed by atoms with van der Waals surface area (Å²) >= 11 is 0. The molecule has 3 heteroatoms. The molecule has 0 fully saturated rings. The highest BCUT2D eigenvalue weighted by Gasteiger charge is 2.14. The van der Waals surface area contributed by atoms with Gasteiger partial charge in [-0.2, -0.15) is 0 Å². The number of furan rings is 1. The molecular weight excluding hydrogens is 140 g/mol. The predicted octanol–water partition coefficient (Wildman–Crippen LogP) is -0.517. The second-order valence-corrected chi connectivity index (χ2v) is 2.69. The minimum absolute atomic E-state index is 0.895. The van der Waals surface area contributed by atoms with Crippen LogP contribution in [0.5, 0.6) is 0 Å². The van der Waals surface area contributed by atoms with E-state index in [1.54, 1.807) is 6.26 Å². The van der Waals surface area contributed by atoms with E-state index in [0.717, 1.165) is 22.9 Å². The standard InChI is InChI=1S/C8H6N2O/c1-2-11-8-4-10-3-7(6(1)8)9-5-10/h1-2,4-5H,3H2. The number of fused-ring (bicyclic) bond motifs is 3. The first-order valence-corrected chi connectivity index (χ1v) is 3.52. The van der Waals surface area contributed by atoms with Gasteiger partial charge in [-0.05, 0) is 6.07 Å². The number of hydrogen-bond donors (Lipinski definition) is 0. The van der Waals surface area contributed by atoms with Gasteiger partial charge in [0.15, 0.2) is 5.42 Å². The summed E-state index contributed by atoms with van der Waals surface area (Å²) in [5.41, 5.74) is 2.03. The van der Waals surface area contributed by atoms with Gasteiger partial charge in [0, 0.05) is 11.4 Å². The Morgan fingerprint density at radius 2 is 2.55 bits per heavy atom. The minimum Gasteiger partial charge on any atom is -0.463 e. The molecule has 0 saturated carbocycles. The first-order valence-electron chi connectivity index (χ1n) is 3.52. The minimum atomic E-state index is 0.895. The van der Waals surface area contributed by atoms with Gasteiger partial charge in [0.05, 0.1) is 24.8 Å². The van der Waals surface area contributed by atoms with Crippen molar-refractivity contribution in [1.82, 2.24) is 4.90 Å². The molecule has 2 aliphatic rings. The van der Waals surface area contributed by atoms with Crippen LogP contribution in [0.25, 0.3) is 11.9 Å². The van der Waals surface area contributed by atoms with Crippen LogP contribution in [-0.4, -0.2) is 17.8 Å². The summed E-state index contributed by atoms with van der Waals surface area (Å²) in [5, 5.41) is 1.13. The van der Waals surface area contributed by atoms with Gasteiger partial charge in [0.2, 0.25) is 0 Å². The fraction of sp³-hybridized carbons (Fsp3) is 0.125. The van der Waals surface area contributed by atoms with Crippen molar-refractivity contribution < 1.29 is 4.42 Å². The van der Waals surface area contributed by atoms with E-state index >= 15 is 0 Å². The van der Waals surface area contributed by atoms with E-state index in [0.29, 0.717) is 0 Å². The molecule has 0 amide bonds. The molecule has 2 aliphatic heterocycles. The highest BCUT2D eigenvalue weighted by atomic mass is 16.3. The van der Waals surface area contributed by atoms with E-state index in [2.05, 4.69) is 4.99 Å². The Balaban J connectivity index is 2.59. The molecule has 3 heterocycles. The highest BCUT2D eigenvalue weighted by molar-refractivity contribution is 5.77. The maximum atomic E-state index is 5.24. The lowest BCUT2D eigenvalue weighted by molar-refractivity contribution is 0.517. The van der Waals surface area contributed by atoms with E-state index < -0.39 is 0 Å². The monoisotopic (exact) mass is 146 g/mol. The Morgan fingerprint density at radius 3 is 3.55 bits per heavy atom. The van der Waals surface area contributed by atoms with Gasteiger partial charge in [-0.1, -0.05) is 0 Å². The van der Waals surface area contributed by atoms with E-state index in [9.17, 15) is 0 Å². The lowest BCUT2D eigenvalue weighted by Gasteiger charge is -2.07. The van der Waals surface area contributed by atoms with Crippen LogP contribution >= 0.6 is 0 Å². The summed E-state index contributed by atoms with van der Waals surface area (Å²) in [5.74, 6) is 0. The second-order valence-electron chi connectivity index (χ2n) is 2.69. The van der Waals surface area contributed by atoms with E-state index in [1.807, 2.05) is 23.5 Å². The molecule has 0 saturated heterocycles. The average molecular weight is 146 g/mol. The summed E-state index contributed by atoms with van der Waals surface area (Å²) in [4.78, 5) is 6.25. The number of hydrogen-bond acceptors (Lipinski definition) is 3. The van der Waals surface area contributed by atoms with E-state index in [1.165, 1.54) is 0 Å². The topological polar surface area (TPSA) is 28.7 Å². The molecule has 54 valence electrons. The van der Waals surface area contributed by atoms with Crippen LogP contribution in [-0.2, 0) is 0 Å². The van der Waals surface area contributed by atoms with Crippen molar-refractivity contribution in [2.45, 2.75) is 0 Å². The third kappa shape index (κ3) is 0.550. The van der Waals surface area contributed by atoms with Crippen molar-refractivity contribution in [2.24, 2.45) is 4.99 Å². The van der Waals surface area contributed by atoms with Crippen LogP contribution in [0.1, 0.15) is 0 Å². The van der Waals surface area contributed by atoms with Gasteiger partial charge in [-0.15, -0.1) is 0 Å². The normalized spacial score (nSPS) is 18.5. The van der Waals surface area contributed by atoms with E-state index in [4.69, 9.17) is 4.42 Å². The zero-order valence-corrected chi connectivity index (χ0v) is 5.82.